The smallest absolute Gasteiger partial charge is 0.0929 e. The molecule has 3 aromatic rings. The molecular weight excluding hydrogens is 296 g/mol. The van der Waals surface area contributed by atoms with Crippen molar-refractivity contribution in [2.75, 3.05) is 31.1 Å². The van der Waals surface area contributed by atoms with Crippen LogP contribution < -0.4 is 4.90 Å². The first-order valence-corrected chi connectivity index (χ1v) is 8.50. The second-order valence-corrected chi connectivity index (χ2v) is 6.19. The topological polar surface area (TPSA) is 35.2 Å². The van der Waals surface area contributed by atoms with E-state index in [-0.39, 0.29) is 0 Å². The Kier molecular flexibility index (Phi) is 4.30. The first-order valence-electron chi connectivity index (χ1n) is 8.50. The molecule has 0 radical (unpaired) electrons. The number of para-hydroxylation sites is 1. The summed E-state index contributed by atoms with van der Waals surface area (Å²) in [6.07, 6.45) is 1.80. The fraction of sp³-hybridized carbons (Fsp3) is 0.250. The van der Waals surface area contributed by atoms with Gasteiger partial charge in [0.25, 0.3) is 0 Å². The van der Waals surface area contributed by atoms with Crippen LogP contribution in [0, 0.1) is 0 Å². The Morgan fingerprint density at radius 1 is 0.833 bits per heavy atom. The van der Waals surface area contributed by atoms with Crippen LogP contribution in [0.15, 0.2) is 67.0 Å². The van der Waals surface area contributed by atoms with Gasteiger partial charge in [0.1, 0.15) is 0 Å². The quantitative estimate of drug-likeness (QED) is 0.801. The minimum Gasteiger partial charge on any atom is -0.369 e. The highest BCUT2D eigenvalue weighted by Gasteiger charge is 2.19. The molecule has 1 N–H and O–H groups in total. The summed E-state index contributed by atoms with van der Waals surface area (Å²) in [7, 11) is 0. The number of hydrogen-bond acceptors (Lipinski definition) is 3. The van der Waals surface area contributed by atoms with Gasteiger partial charge in [-0.15, -0.1) is 0 Å². The van der Waals surface area contributed by atoms with E-state index in [1.165, 1.54) is 16.9 Å². The van der Waals surface area contributed by atoms with Gasteiger partial charge in [-0.3, -0.25) is 4.90 Å². The summed E-state index contributed by atoms with van der Waals surface area (Å²) in [6.45, 7) is 5.20. The van der Waals surface area contributed by atoms with E-state index >= 15 is 0 Å². The summed E-state index contributed by atoms with van der Waals surface area (Å²) in [4.78, 5) is 12.8. The van der Waals surface area contributed by atoms with Crippen molar-refractivity contribution < 1.29 is 0 Å². The second kappa shape index (κ2) is 6.89. The third kappa shape index (κ3) is 3.19. The molecule has 1 fully saturated rings. The summed E-state index contributed by atoms with van der Waals surface area (Å²) in [5.41, 5.74) is 4.77. The lowest BCUT2D eigenvalue weighted by Gasteiger charge is -2.36. The molecule has 0 atom stereocenters. The van der Waals surface area contributed by atoms with E-state index in [2.05, 4.69) is 74.4 Å². The molecule has 24 heavy (non-hydrogen) atoms. The largest absolute Gasteiger partial charge is 0.369 e. The molecule has 1 aromatic heterocycles. The molecule has 2 aromatic carbocycles. The van der Waals surface area contributed by atoms with Crippen LogP contribution in [0.2, 0.25) is 0 Å². The molecule has 4 nitrogen and oxygen atoms in total. The molecule has 122 valence electrons. The van der Waals surface area contributed by atoms with Gasteiger partial charge in [0.05, 0.1) is 17.7 Å². The van der Waals surface area contributed by atoms with Gasteiger partial charge >= 0.3 is 0 Å². The van der Waals surface area contributed by atoms with Crippen LogP contribution in [0.5, 0.6) is 0 Å². The Bertz CT molecular complexity index is 759. The Hall–Kier alpha value is -2.59. The van der Waals surface area contributed by atoms with Crippen LogP contribution in [-0.4, -0.2) is 41.0 Å². The molecule has 4 heteroatoms. The monoisotopic (exact) mass is 318 g/mol. The van der Waals surface area contributed by atoms with E-state index < -0.39 is 0 Å². The molecule has 2 heterocycles. The van der Waals surface area contributed by atoms with Gasteiger partial charge in [-0.2, -0.15) is 0 Å². The minimum atomic E-state index is 0.923. The van der Waals surface area contributed by atoms with Crippen LogP contribution in [0.25, 0.3) is 11.3 Å². The molecule has 0 bridgehead atoms. The SMILES string of the molecule is c1ccc(-c2nc[nH]c2CN2CCN(c3ccccc3)CC2)cc1. The number of hydrogen-bond donors (Lipinski definition) is 1. The van der Waals surface area contributed by atoms with Gasteiger partial charge in [-0.1, -0.05) is 48.5 Å². The van der Waals surface area contributed by atoms with Crippen molar-refractivity contribution in [3.8, 4) is 11.3 Å². The zero-order valence-corrected chi connectivity index (χ0v) is 13.7. The van der Waals surface area contributed by atoms with Crippen molar-refractivity contribution in [1.29, 1.82) is 0 Å². The highest BCUT2D eigenvalue weighted by atomic mass is 15.3. The number of benzene rings is 2. The van der Waals surface area contributed by atoms with E-state index in [0.29, 0.717) is 0 Å². The fourth-order valence-corrected chi connectivity index (χ4v) is 3.31. The molecule has 0 aliphatic carbocycles. The molecule has 1 saturated heterocycles. The fourth-order valence-electron chi connectivity index (χ4n) is 3.31. The maximum Gasteiger partial charge on any atom is 0.0929 e. The number of nitrogens with one attached hydrogen (secondary N) is 1. The van der Waals surface area contributed by atoms with Gasteiger partial charge in [-0.05, 0) is 12.1 Å². The first kappa shape index (κ1) is 15.0. The molecule has 1 aliphatic rings. The van der Waals surface area contributed by atoms with Gasteiger partial charge < -0.3 is 9.88 Å². The van der Waals surface area contributed by atoms with E-state index in [4.69, 9.17) is 0 Å². The third-order valence-corrected chi connectivity index (χ3v) is 4.64. The molecule has 0 unspecified atom stereocenters. The third-order valence-electron chi connectivity index (χ3n) is 4.64. The highest BCUT2D eigenvalue weighted by Crippen LogP contribution is 2.22. The number of anilines is 1. The maximum atomic E-state index is 4.52. The van der Waals surface area contributed by atoms with E-state index in [0.717, 1.165) is 38.4 Å². The molecule has 0 amide bonds. The predicted octanol–water partition coefficient (Wildman–Crippen LogP) is 3.40. The van der Waals surface area contributed by atoms with E-state index in [9.17, 15) is 0 Å². The highest BCUT2D eigenvalue weighted by molar-refractivity contribution is 5.61. The summed E-state index contributed by atoms with van der Waals surface area (Å²) in [5, 5.41) is 0. The minimum absolute atomic E-state index is 0.923. The lowest BCUT2D eigenvalue weighted by Crippen LogP contribution is -2.46. The van der Waals surface area contributed by atoms with Crippen molar-refractivity contribution in [3.05, 3.63) is 72.7 Å². The summed E-state index contributed by atoms with van der Waals surface area (Å²) < 4.78 is 0. The van der Waals surface area contributed by atoms with Gasteiger partial charge in [0.15, 0.2) is 0 Å². The maximum absolute atomic E-state index is 4.52. The van der Waals surface area contributed by atoms with Gasteiger partial charge in [0.2, 0.25) is 0 Å². The number of piperazine rings is 1. The summed E-state index contributed by atoms with van der Waals surface area (Å²) >= 11 is 0. The molecule has 4 rings (SSSR count). The Morgan fingerprint density at radius 3 is 2.21 bits per heavy atom. The van der Waals surface area contributed by atoms with Crippen molar-refractivity contribution in [2.24, 2.45) is 0 Å². The summed E-state index contributed by atoms with van der Waals surface area (Å²) in [5.74, 6) is 0. The van der Waals surface area contributed by atoms with Crippen molar-refractivity contribution in [1.82, 2.24) is 14.9 Å². The van der Waals surface area contributed by atoms with Crippen molar-refractivity contribution in [3.63, 3.8) is 0 Å². The van der Waals surface area contributed by atoms with Crippen molar-refractivity contribution >= 4 is 5.69 Å². The number of H-pyrrole nitrogens is 1. The number of rotatable bonds is 4. The van der Waals surface area contributed by atoms with E-state index in [1.807, 2.05) is 6.07 Å². The Balaban J connectivity index is 1.41. The molecule has 1 aliphatic heterocycles. The van der Waals surface area contributed by atoms with Crippen LogP contribution in [0.3, 0.4) is 0 Å². The van der Waals surface area contributed by atoms with Crippen molar-refractivity contribution in [2.45, 2.75) is 6.54 Å². The van der Waals surface area contributed by atoms with E-state index in [1.54, 1.807) is 6.33 Å². The second-order valence-electron chi connectivity index (χ2n) is 6.19. The lowest BCUT2D eigenvalue weighted by atomic mass is 10.1. The van der Waals surface area contributed by atoms with Gasteiger partial charge in [0, 0.05) is 44.0 Å². The normalized spacial score (nSPS) is 15.6. The van der Waals surface area contributed by atoms with Crippen LogP contribution in [-0.2, 0) is 6.54 Å². The van der Waals surface area contributed by atoms with Crippen LogP contribution in [0.1, 0.15) is 5.69 Å². The van der Waals surface area contributed by atoms with Crippen LogP contribution in [0.4, 0.5) is 5.69 Å². The average Bonchev–Trinajstić information content (AvgIpc) is 3.12. The first-order chi connectivity index (χ1) is 11.9. The Labute approximate surface area is 142 Å². The number of aromatic nitrogens is 2. The van der Waals surface area contributed by atoms with Crippen LogP contribution >= 0.6 is 0 Å². The molecule has 0 saturated carbocycles. The number of aromatic amines is 1. The zero-order valence-electron chi connectivity index (χ0n) is 13.7. The number of imidazole rings is 1. The average molecular weight is 318 g/mol. The molecular formula is C20H22N4. The summed E-state index contributed by atoms with van der Waals surface area (Å²) in [6, 6.07) is 21.1. The number of nitrogens with zero attached hydrogens (tertiary/aromatic N) is 3. The standard InChI is InChI=1S/C20H22N4/c1-3-7-17(8-4-1)20-19(21-16-22-20)15-23-11-13-24(14-12-23)18-9-5-2-6-10-18/h1-10,16H,11-15H2,(H,21,22). The zero-order chi connectivity index (χ0) is 16.2. The predicted molar refractivity (Wildman–Crippen MR) is 98.0 cm³/mol. The Morgan fingerprint density at radius 2 is 1.50 bits per heavy atom. The molecule has 0 spiro atoms. The lowest BCUT2D eigenvalue weighted by molar-refractivity contribution is 0.248. The van der Waals surface area contributed by atoms with Gasteiger partial charge in [-0.25, -0.2) is 4.98 Å².